The second kappa shape index (κ2) is 2.62. The van der Waals surface area contributed by atoms with Gasteiger partial charge in [-0.25, -0.2) is 0 Å². The minimum absolute atomic E-state index is 0.00944. The average Bonchev–Trinajstić information content (AvgIpc) is 2.12. The Labute approximate surface area is 75.4 Å². The zero-order valence-corrected chi connectivity index (χ0v) is 7.32. The van der Waals surface area contributed by atoms with Gasteiger partial charge in [0.2, 0.25) is 0 Å². The molecular formula is C10H10N2O. The number of rotatable bonds is 0. The fourth-order valence-corrected chi connectivity index (χ4v) is 1.35. The molecule has 0 amide bonds. The van der Waals surface area contributed by atoms with E-state index in [0.29, 0.717) is 11.1 Å². The lowest BCUT2D eigenvalue weighted by atomic mass is 10.1. The van der Waals surface area contributed by atoms with E-state index in [-0.39, 0.29) is 5.56 Å². The van der Waals surface area contributed by atoms with Crippen molar-refractivity contribution in [3.05, 3.63) is 40.8 Å². The molecule has 66 valence electrons. The van der Waals surface area contributed by atoms with Gasteiger partial charge in [0.05, 0.1) is 0 Å². The third-order valence-corrected chi connectivity index (χ3v) is 2.11. The Kier molecular flexibility index (Phi) is 1.59. The molecule has 0 fully saturated rings. The minimum Gasteiger partial charge on any atom is -0.399 e. The highest BCUT2D eigenvalue weighted by Crippen LogP contribution is 2.12. The first-order chi connectivity index (χ1) is 6.18. The van der Waals surface area contributed by atoms with Crippen LogP contribution in [0, 0.1) is 0 Å². The highest BCUT2D eigenvalue weighted by Gasteiger charge is 1.99. The van der Waals surface area contributed by atoms with Gasteiger partial charge in [0, 0.05) is 24.3 Å². The van der Waals surface area contributed by atoms with Crippen molar-refractivity contribution in [1.29, 1.82) is 0 Å². The van der Waals surface area contributed by atoms with Gasteiger partial charge < -0.3 is 10.3 Å². The van der Waals surface area contributed by atoms with E-state index in [9.17, 15) is 4.79 Å². The molecule has 13 heavy (non-hydrogen) atoms. The number of nitrogens with two attached hydrogens (primary N) is 1. The number of anilines is 1. The summed E-state index contributed by atoms with van der Waals surface area (Å²) in [5, 5.41) is 1.60. The summed E-state index contributed by atoms with van der Waals surface area (Å²) in [4.78, 5) is 11.6. The summed E-state index contributed by atoms with van der Waals surface area (Å²) in [7, 11) is 1.73. The van der Waals surface area contributed by atoms with E-state index < -0.39 is 0 Å². The number of nitrogen functional groups attached to an aromatic ring is 1. The molecule has 0 saturated carbocycles. The number of aryl methyl sites for hydroxylation is 1. The molecule has 0 unspecified atom stereocenters. The molecule has 3 nitrogen and oxygen atoms in total. The lowest BCUT2D eigenvalue weighted by Gasteiger charge is -2.01. The SMILES string of the molecule is Cn1ccc2ccc(N)cc2c1=O. The fraction of sp³-hybridized carbons (Fsp3) is 0.100. The molecule has 0 bridgehead atoms. The van der Waals surface area contributed by atoms with Crippen molar-refractivity contribution in [3.8, 4) is 0 Å². The van der Waals surface area contributed by atoms with Crippen molar-refractivity contribution in [3.63, 3.8) is 0 Å². The van der Waals surface area contributed by atoms with Crippen LogP contribution in [-0.4, -0.2) is 4.57 Å². The standard InChI is InChI=1S/C10H10N2O/c1-12-5-4-7-2-3-8(11)6-9(7)10(12)13/h2-6H,11H2,1H3. The largest absolute Gasteiger partial charge is 0.399 e. The molecule has 0 spiro atoms. The van der Waals surface area contributed by atoms with Crippen molar-refractivity contribution >= 4 is 16.5 Å². The van der Waals surface area contributed by atoms with Gasteiger partial charge >= 0.3 is 0 Å². The number of nitrogens with zero attached hydrogens (tertiary/aromatic N) is 1. The van der Waals surface area contributed by atoms with Crippen LogP contribution in [0.3, 0.4) is 0 Å². The molecule has 2 N–H and O–H groups in total. The summed E-state index contributed by atoms with van der Waals surface area (Å²) in [5.41, 5.74) is 6.21. The molecule has 1 aromatic heterocycles. The van der Waals surface area contributed by atoms with Crippen LogP contribution in [-0.2, 0) is 7.05 Å². The van der Waals surface area contributed by atoms with Crippen molar-refractivity contribution in [1.82, 2.24) is 4.57 Å². The molecule has 2 aromatic rings. The Morgan fingerprint density at radius 1 is 1.31 bits per heavy atom. The van der Waals surface area contributed by atoms with Crippen LogP contribution in [0.2, 0.25) is 0 Å². The third kappa shape index (κ3) is 1.18. The predicted molar refractivity (Wildman–Crippen MR) is 53.6 cm³/mol. The van der Waals surface area contributed by atoms with E-state index in [1.807, 2.05) is 12.1 Å². The summed E-state index contributed by atoms with van der Waals surface area (Å²) in [6.45, 7) is 0. The molecule has 1 heterocycles. The lowest BCUT2D eigenvalue weighted by Crippen LogP contribution is -2.15. The smallest absolute Gasteiger partial charge is 0.258 e. The zero-order chi connectivity index (χ0) is 9.42. The number of hydrogen-bond donors (Lipinski definition) is 1. The lowest BCUT2D eigenvalue weighted by molar-refractivity contribution is 0.873. The second-order valence-electron chi connectivity index (χ2n) is 3.08. The van der Waals surface area contributed by atoms with Gasteiger partial charge in [-0.05, 0) is 23.6 Å². The molecule has 0 saturated heterocycles. The Morgan fingerprint density at radius 3 is 2.85 bits per heavy atom. The van der Waals surface area contributed by atoms with Crippen LogP contribution in [0.5, 0.6) is 0 Å². The predicted octanol–water partition coefficient (Wildman–Crippen LogP) is 1.12. The van der Waals surface area contributed by atoms with E-state index >= 15 is 0 Å². The van der Waals surface area contributed by atoms with E-state index in [4.69, 9.17) is 5.73 Å². The molecule has 0 aliphatic heterocycles. The van der Waals surface area contributed by atoms with Crippen molar-refractivity contribution in [2.24, 2.45) is 7.05 Å². The van der Waals surface area contributed by atoms with Gasteiger partial charge in [0.15, 0.2) is 0 Å². The molecule has 0 aliphatic rings. The van der Waals surface area contributed by atoms with Crippen LogP contribution in [0.1, 0.15) is 0 Å². The summed E-state index contributed by atoms with van der Waals surface area (Å²) >= 11 is 0. The van der Waals surface area contributed by atoms with Gasteiger partial charge in [0.1, 0.15) is 0 Å². The zero-order valence-electron chi connectivity index (χ0n) is 7.32. The number of pyridine rings is 1. The summed E-state index contributed by atoms with van der Waals surface area (Å²) in [6.07, 6.45) is 1.75. The van der Waals surface area contributed by atoms with E-state index in [0.717, 1.165) is 5.39 Å². The third-order valence-electron chi connectivity index (χ3n) is 2.11. The molecule has 1 aromatic carbocycles. The maximum atomic E-state index is 11.6. The first-order valence-electron chi connectivity index (χ1n) is 4.03. The minimum atomic E-state index is -0.00944. The number of fused-ring (bicyclic) bond motifs is 1. The quantitative estimate of drug-likeness (QED) is 0.608. The van der Waals surface area contributed by atoms with Gasteiger partial charge in [-0.15, -0.1) is 0 Å². The number of aromatic nitrogens is 1. The Balaban J connectivity index is 2.97. The molecule has 3 heteroatoms. The summed E-state index contributed by atoms with van der Waals surface area (Å²) in [6, 6.07) is 7.25. The first kappa shape index (κ1) is 7.86. The topological polar surface area (TPSA) is 48.0 Å². The van der Waals surface area contributed by atoms with E-state index in [1.165, 1.54) is 0 Å². The van der Waals surface area contributed by atoms with Crippen LogP contribution < -0.4 is 11.3 Å². The van der Waals surface area contributed by atoms with Gasteiger partial charge in [0.25, 0.3) is 5.56 Å². The Bertz CT molecular complexity index is 509. The van der Waals surface area contributed by atoms with Crippen molar-refractivity contribution < 1.29 is 0 Å². The monoisotopic (exact) mass is 174 g/mol. The van der Waals surface area contributed by atoms with Gasteiger partial charge in [-0.3, -0.25) is 4.79 Å². The van der Waals surface area contributed by atoms with Crippen LogP contribution in [0.4, 0.5) is 5.69 Å². The molecule has 0 aliphatic carbocycles. The van der Waals surface area contributed by atoms with E-state index in [2.05, 4.69) is 0 Å². The van der Waals surface area contributed by atoms with Crippen LogP contribution >= 0.6 is 0 Å². The fourth-order valence-electron chi connectivity index (χ4n) is 1.35. The molecule has 0 atom stereocenters. The average molecular weight is 174 g/mol. The number of hydrogen-bond acceptors (Lipinski definition) is 2. The van der Waals surface area contributed by atoms with Crippen molar-refractivity contribution in [2.45, 2.75) is 0 Å². The molecule has 0 radical (unpaired) electrons. The van der Waals surface area contributed by atoms with Crippen LogP contribution in [0.25, 0.3) is 10.8 Å². The maximum absolute atomic E-state index is 11.6. The maximum Gasteiger partial charge on any atom is 0.258 e. The molecular weight excluding hydrogens is 164 g/mol. The highest BCUT2D eigenvalue weighted by atomic mass is 16.1. The van der Waals surface area contributed by atoms with Gasteiger partial charge in [-0.2, -0.15) is 0 Å². The summed E-state index contributed by atoms with van der Waals surface area (Å²) < 4.78 is 1.54. The molecule has 2 rings (SSSR count). The van der Waals surface area contributed by atoms with E-state index in [1.54, 1.807) is 29.9 Å². The first-order valence-corrected chi connectivity index (χ1v) is 4.03. The highest BCUT2D eigenvalue weighted by molar-refractivity contribution is 5.84. The normalized spacial score (nSPS) is 10.5. The van der Waals surface area contributed by atoms with Crippen molar-refractivity contribution in [2.75, 3.05) is 5.73 Å². The Morgan fingerprint density at radius 2 is 2.08 bits per heavy atom. The Hall–Kier alpha value is -1.77. The second-order valence-corrected chi connectivity index (χ2v) is 3.08. The summed E-state index contributed by atoms with van der Waals surface area (Å²) in [5.74, 6) is 0. The number of benzene rings is 1. The van der Waals surface area contributed by atoms with Crippen LogP contribution in [0.15, 0.2) is 35.3 Å². The van der Waals surface area contributed by atoms with Gasteiger partial charge in [-0.1, -0.05) is 6.07 Å².